The van der Waals surface area contributed by atoms with Crippen molar-refractivity contribution in [2.45, 2.75) is 42.8 Å². The smallest absolute Gasteiger partial charge is 0.134 e. The summed E-state index contributed by atoms with van der Waals surface area (Å²) < 4.78 is 5.99. The number of alkyl halides is 1. The third kappa shape index (κ3) is 2.42. The zero-order valence-corrected chi connectivity index (χ0v) is 11.4. The van der Waals surface area contributed by atoms with Crippen LogP contribution in [0.5, 0.6) is 0 Å². The summed E-state index contributed by atoms with van der Waals surface area (Å²) in [5, 5.41) is 1.23. The molecule has 2 unspecified atom stereocenters. The first-order valence-electron chi connectivity index (χ1n) is 6.45. The largest absolute Gasteiger partial charge is 0.461 e. The molecule has 1 aromatic heterocycles. The Bertz CT molecular complexity index is 469. The van der Waals surface area contributed by atoms with E-state index in [0.717, 1.165) is 5.58 Å². The van der Waals surface area contributed by atoms with Gasteiger partial charge in [-0.15, -0.1) is 0 Å². The van der Waals surface area contributed by atoms with Crippen molar-refractivity contribution in [1.82, 2.24) is 0 Å². The van der Waals surface area contributed by atoms with Crippen LogP contribution in [0.2, 0.25) is 0 Å². The summed E-state index contributed by atoms with van der Waals surface area (Å²) in [5.41, 5.74) is 1.03. The van der Waals surface area contributed by atoms with Crippen LogP contribution >= 0.6 is 15.9 Å². The van der Waals surface area contributed by atoms with Gasteiger partial charge in [0.15, 0.2) is 0 Å². The van der Waals surface area contributed by atoms with Crippen LogP contribution in [-0.2, 0) is 0 Å². The van der Waals surface area contributed by atoms with Crippen molar-refractivity contribution >= 4 is 26.9 Å². The number of halogens is 1. The van der Waals surface area contributed by atoms with Crippen LogP contribution < -0.4 is 0 Å². The van der Waals surface area contributed by atoms with Crippen molar-refractivity contribution in [3.05, 3.63) is 36.1 Å². The van der Waals surface area contributed by atoms with Gasteiger partial charge >= 0.3 is 0 Å². The van der Waals surface area contributed by atoms with Gasteiger partial charge < -0.3 is 4.42 Å². The normalized spacial score (nSPS) is 25.9. The molecule has 2 aromatic rings. The number of benzene rings is 1. The third-order valence-electron chi connectivity index (χ3n) is 3.71. The molecule has 0 saturated heterocycles. The minimum absolute atomic E-state index is 0.592. The van der Waals surface area contributed by atoms with Gasteiger partial charge in [-0.05, 0) is 31.4 Å². The first-order chi connectivity index (χ1) is 8.33. The Kier molecular flexibility index (Phi) is 3.24. The van der Waals surface area contributed by atoms with Crippen LogP contribution in [0, 0.1) is 0 Å². The molecule has 1 aliphatic carbocycles. The number of para-hydroxylation sites is 1. The van der Waals surface area contributed by atoms with Crippen molar-refractivity contribution in [3.63, 3.8) is 0 Å². The van der Waals surface area contributed by atoms with Crippen LogP contribution in [-0.4, -0.2) is 4.83 Å². The Morgan fingerprint density at radius 2 is 1.94 bits per heavy atom. The summed E-state index contributed by atoms with van der Waals surface area (Å²) in [6.45, 7) is 0. The summed E-state index contributed by atoms with van der Waals surface area (Å²) in [7, 11) is 0. The van der Waals surface area contributed by atoms with Crippen LogP contribution in [0.3, 0.4) is 0 Å². The molecule has 1 nitrogen and oxygen atoms in total. The third-order valence-corrected chi connectivity index (χ3v) is 4.54. The Balaban J connectivity index is 1.91. The van der Waals surface area contributed by atoms with Crippen molar-refractivity contribution in [2.24, 2.45) is 0 Å². The second-order valence-electron chi connectivity index (χ2n) is 5.00. The van der Waals surface area contributed by atoms with Gasteiger partial charge in [0, 0.05) is 16.1 Å². The lowest BCUT2D eigenvalue weighted by molar-refractivity contribution is 0.459. The maximum absolute atomic E-state index is 5.99. The van der Waals surface area contributed by atoms with E-state index in [4.69, 9.17) is 4.42 Å². The highest BCUT2D eigenvalue weighted by molar-refractivity contribution is 9.09. The van der Waals surface area contributed by atoms with Gasteiger partial charge in [0.25, 0.3) is 0 Å². The second-order valence-corrected chi connectivity index (χ2v) is 6.30. The van der Waals surface area contributed by atoms with E-state index in [1.807, 2.05) is 6.07 Å². The highest BCUT2D eigenvalue weighted by Crippen LogP contribution is 2.36. The Hall–Kier alpha value is -0.760. The number of hydrogen-bond donors (Lipinski definition) is 0. The standard InChI is InChI=1S/C15H17BrO/c16-13-7-3-1-5-11(9-13)15-10-12-6-2-4-8-14(12)17-15/h2,4,6,8,10-11,13H,1,3,5,7,9H2. The zero-order chi connectivity index (χ0) is 11.7. The molecule has 1 fully saturated rings. The minimum Gasteiger partial charge on any atom is -0.461 e. The number of rotatable bonds is 1. The quantitative estimate of drug-likeness (QED) is 0.517. The maximum atomic E-state index is 5.99. The van der Waals surface area contributed by atoms with Gasteiger partial charge in [0.2, 0.25) is 0 Å². The summed E-state index contributed by atoms with van der Waals surface area (Å²) in [6, 6.07) is 10.5. The average Bonchev–Trinajstić information content (AvgIpc) is 2.65. The van der Waals surface area contributed by atoms with E-state index >= 15 is 0 Å². The second kappa shape index (κ2) is 4.85. The van der Waals surface area contributed by atoms with Gasteiger partial charge in [0.05, 0.1) is 0 Å². The molecule has 0 aliphatic heterocycles. The SMILES string of the molecule is BrC1CCCCC(c2cc3ccccc3o2)C1. The van der Waals surface area contributed by atoms with Crippen molar-refractivity contribution in [2.75, 3.05) is 0 Å². The van der Waals surface area contributed by atoms with E-state index in [0.29, 0.717) is 10.7 Å². The predicted molar refractivity (Wildman–Crippen MR) is 74.8 cm³/mol. The molecule has 2 heteroatoms. The van der Waals surface area contributed by atoms with Gasteiger partial charge in [-0.3, -0.25) is 0 Å². The van der Waals surface area contributed by atoms with Crippen LogP contribution in [0.15, 0.2) is 34.7 Å². The van der Waals surface area contributed by atoms with E-state index in [1.165, 1.54) is 43.3 Å². The lowest BCUT2D eigenvalue weighted by Gasteiger charge is -2.13. The van der Waals surface area contributed by atoms with Crippen LogP contribution in [0.25, 0.3) is 11.0 Å². The molecular weight excluding hydrogens is 276 g/mol. The molecule has 1 aromatic carbocycles. The van der Waals surface area contributed by atoms with Crippen molar-refractivity contribution in [1.29, 1.82) is 0 Å². The van der Waals surface area contributed by atoms with E-state index in [2.05, 4.69) is 40.2 Å². The molecule has 17 heavy (non-hydrogen) atoms. The minimum atomic E-state index is 0.592. The van der Waals surface area contributed by atoms with Crippen molar-refractivity contribution in [3.8, 4) is 0 Å². The molecule has 0 bridgehead atoms. The Morgan fingerprint density at radius 1 is 1.12 bits per heavy atom. The fourth-order valence-corrected chi connectivity index (χ4v) is 3.54. The molecule has 1 saturated carbocycles. The van der Waals surface area contributed by atoms with E-state index < -0.39 is 0 Å². The van der Waals surface area contributed by atoms with E-state index in [9.17, 15) is 0 Å². The Labute approximate surface area is 110 Å². The molecule has 2 atom stereocenters. The molecule has 0 radical (unpaired) electrons. The highest BCUT2D eigenvalue weighted by Gasteiger charge is 2.22. The summed E-state index contributed by atoms with van der Waals surface area (Å²) in [4.78, 5) is 0.656. The van der Waals surface area contributed by atoms with Gasteiger partial charge in [-0.25, -0.2) is 0 Å². The van der Waals surface area contributed by atoms with E-state index in [-0.39, 0.29) is 0 Å². The average molecular weight is 293 g/mol. The first kappa shape index (κ1) is 11.3. The number of fused-ring (bicyclic) bond motifs is 1. The molecule has 1 aliphatic rings. The molecule has 0 N–H and O–H groups in total. The monoisotopic (exact) mass is 292 g/mol. The Morgan fingerprint density at radius 3 is 2.82 bits per heavy atom. The zero-order valence-electron chi connectivity index (χ0n) is 9.86. The first-order valence-corrected chi connectivity index (χ1v) is 7.37. The maximum Gasteiger partial charge on any atom is 0.134 e. The van der Waals surface area contributed by atoms with Gasteiger partial charge in [-0.1, -0.05) is 47.0 Å². The van der Waals surface area contributed by atoms with Crippen molar-refractivity contribution < 1.29 is 4.42 Å². The summed E-state index contributed by atoms with van der Waals surface area (Å²) in [5.74, 6) is 1.77. The highest BCUT2D eigenvalue weighted by atomic mass is 79.9. The molecule has 90 valence electrons. The molecule has 3 rings (SSSR count). The number of furan rings is 1. The van der Waals surface area contributed by atoms with Gasteiger partial charge in [0.1, 0.15) is 11.3 Å². The number of hydrogen-bond acceptors (Lipinski definition) is 1. The molecule has 0 amide bonds. The molecule has 0 spiro atoms. The molecule has 1 heterocycles. The van der Waals surface area contributed by atoms with E-state index in [1.54, 1.807) is 0 Å². The van der Waals surface area contributed by atoms with Crippen LogP contribution in [0.1, 0.15) is 43.8 Å². The fourth-order valence-electron chi connectivity index (χ4n) is 2.76. The fraction of sp³-hybridized carbons (Fsp3) is 0.467. The lowest BCUT2D eigenvalue weighted by atomic mass is 9.97. The summed E-state index contributed by atoms with van der Waals surface area (Å²) in [6.07, 6.45) is 6.44. The predicted octanol–water partition coefficient (Wildman–Crippen LogP) is 5.24. The van der Waals surface area contributed by atoms with Crippen LogP contribution in [0.4, 0.5) is 0 Å². The topological polar surface area (TPSA) is 13.1 Å². The lowest BCUT2D eigenvalue weighted by Crippen LogP contribution is -2.02. The molecular formula is C15H17BrO. The van der Waals surface area contributed by atoms with Gasteiger partial charge in [-0.2, -0.15) is 0 Å². The summed E-state index contributed by atoms with van der Waals surface area (Å²) >= 11 is 3.78.